The Morgan fingerprint density at radius 2 is 1.88 bits per heavy atom. The molecule has 4 nitrogen and oxygen atoms in total. The predicted molar refractivity (Wildman–Crippen MR) is 105 cm³/mol. The molecule has 3 rings (SSSR count). The monoisotopic (exact) mass is 367 g/mol. The number of nitrogens with zero attached hydrogens (tertiary/aromatic N) is 3. The average Bonchev–Trinajstić information content (AvgIpc) is 2.94. The lowest BCUT2D eigenvalue weighted by Crippen LogP contribution is -2.32. The number of amides is 1. The first-order valence-electron chi connectivity index (χ1n) is 8.17. The molecule has 1 aliphatic heterocycles. The Kier molecular flexibility index (Phi) is 5.96. The van der Waals surface area contributed by atoms with Crippen LogP contribution in [0.3, 0.4) is 0 Å². The van der Waals surface area contributed by atoms with Crippen molar-refractivity contribution in [1.82, 2.24) is 4.90 Å². The van der Waals surface area contributed by atoms with Crippen LogP contribution < -0.4 is 0 Å². The molecule has 0 saturated carbocycles. The summed E-state index contributed by atoms with van der Waals surface area (Å²) in [6.45, 7) is 4.08. The molecule has 1 fully saturated rings. The normalized spacial score (nSPS) is 18.8. The van der Waals surface area contributed by atoms with Gasteiger partial charge in [0.05, 0.1) is 11.5 Å². The van der Waals surface area contributed by atoms with E-state index >= 15 is 0 Å². The SMILES string of the molecule is C=CCN1C(=O)[C@H](Cc2ccc(F)cc2)S/C1=N/N=C\c1ccccc1. The fourth-order valence-corrected chi connectivity index (χ4v) is 3.68. The summed E-state index contributed by atoms with van der Waals surface area (Å²) < 4.78 is 13.1. The van der Waals surface area contributed by atoms with Crippen molar-refractivity contribution in [2.24, 2.45) is 10.2 Å². The third-order valence-corrected chi connectivity index (χ3v) is 4.98. The first kappa shape index (κ1) is 18.1. The molecule has 0 spiro atoms. The number of thioether (sulfide) groups is 1. The smallest absolute Gasteiger partial charge is 0.242 e. The number of rotatable bonds is 6. The Balaban J connectivity index is 1.75. The van der Waals surface area contributed by atoms with E-state index in [0.29, 0.717) is 18.1 Å². The van der Waals surface area contributed by atoms with Crippen LogP contribution in [0.2, 0.25) is 0 Å². The lowest BCUT2D eigenvalue weighted by molar-refractivity contribution is -0.125. The maximum atomic E-state index is 13.1. The molecule has 26 heavy (non-hydrogen) atoms. The summed E-state index contributed by atoms with van der Waals surface area (Å²) in [5.74, 6) is -0.321. The first-order chi connectivity index (χ1) is 12.7. The quantitative estimate of drug-likeness (QED) is 0.442. The molecule has 1 aliphatic rings. The van der Waals surface area contributed by atoms with Gasteiger partial charge in [0, 0.05) is 6.54 Å². The van der Waals surface area contributed by atoms with Crippen molar-refractivity contribution in [2.45, 2.75) is 11.7 Å². The van der Waals surface area contributed by atoms with E-state index in [0.717, 1.165) is 11.1 Å². The maximum Gasteiger partial charge on any atom is 0.242 e. The molecule has 1 saturated heterocycles. The minimum Gasteiger partial charge on any atom is -0.285 e. The zero-order chi connectivity index (χ0) is 18.4. The van der Waals surface area contributed by atoms with Gasteiger partial charge in [-0.3, -0.25) is 9.69 Å². The van der Waals surface area contributed by atoms with Gasteiger partial charge in [-0.25, -0.2) is 4.39 Å². The van der Waals surface area contributed by atoms with Gasteiger partial charge in [0.2, 0.25) is 5.91 Å². The molecule has 0 unspecified atom stereocenters. The standard InChI is InChI=1S/C20H18FN3OS/c1-2-12-24-19(25)18(13-15-8-10-17(21)11-9-15)26-20(24)23-22-14-16-6-4-3-5-7-16/h2-11,14,18H,1,12-13H2/b22-14-,23-20+/t18-/m0/s1. The van der Waals surface area contributed by atoms with Crippen LogP contribution in [0.5, 0.6) is 0 Å². The largest absolute Gasteiger partial charge is 0.285 e. The van der Waals surface area contributed by atoms with Crippen molar-refractivity contribution < 1.29 is 9.18 Å². The predicted octanol–water partition coefficient (Wildman–Crippen LogP) is 3.89. The highest BCUT2D eigenvalue weighted by atomic mass is 32.2. The van der Waals surface area contributed by atoms with Gasteiger partial charge in [-0.15, -0.1) is 11.7 Å². The Morgan fingerprint density at radius 1 is 1.15 bits per heavy atom. The van der Waals surface area contributed by atoms with Crippen LogP contribution in [0.15, 0.2) is 77.5 Å². The number of carbonyl (C=O) groups is 1. The summed E-state index contributed by atoms with van der Waals surface area (Å²) in [5, 5.41) is 8.58. The first-order valence-corrected chi connectivity index (χ1v) is 9.05. The van der Waals surface area contributed by atoms with Crippen molar-refractivity contribution in [3.8, 4) is 0 Å². The summed E-state index contributed by atoms with van der Waals surface area (Å²) in [7, 11) is 0. The topological polar surface area (TPSA) is 45.0 Å². The molecule has 2 aromatic rings. The molecular weight excluding hydrogens is 349 g/mol. The highest BCUT2D eigenvalue weighted by molar-refractivity contribution is 8.15. The highest BCUT2D eigenvalue weighted by Crippen LogP contribution is 2.30. The van der Waals surface area contributed by atoms with E-state index in [2.05, 4.69) is 16.8 Å². The summed E-state index contributed by atoms with van der Waals surface area (Å²) in [6, 6.07) is 15.8. The fraction of sp³-hybridized carbons (Fsp3) is 0.150. The van der Waals surface area contributed by atoms with Crippen LogP contribution in [0.25, 0.3) is 0 Å². The lowest BCUT2D eigenvalue weighted by atomic mass is 10.1. The van der Waals surface area contributed by atoms with Crippen LogP contribution in [-0.2, 0) is 11.2 Å². The zero-order valence-corrected chi connectivity index (χ0v) is 14.9. The molecule has 0 radical (unpaired) electrons. The Labute approximate surface area is 156 Å². The van der Waals surface area contributed by atoms with E-state index in [1.54, 1.807) is 29.3 Å². The van der Waals surface area contributed by atoms with E-state index < -0.39 is 0 Å². The van der Waals surface area contributed by atoms with Crippen LogP contribution in [0.4, 0.5) is 4.39 Å². The third kappa shape index (κ3) is 4.46. The van der Waals surface area contributed by atoms with Crippen LogP contribution in [0.1, 0.15) is 11.1 Å². The number of halogens is 1. The van der Waals surface area contributed by atoms with Gasteiger partial charge in [-0.2, -0.15) is 5.10 Å². The van der Waals surface area contributed by atoms with Crippen molar-refractivity contribution in [3.05, 3.63) is 84.2 Å². The lowest BCUT2D eigenvalue weighted by Gasteiger charge is -2.12. The van der Waals surface area contributed by atoms with Crippen LogP contribution in [-0.4, -0.2) is 34.0 Å². The molecule has 1 atom stereocenters. The van der Waals surface area contributed by atoms with Gasteiger partial charge < -0.3 is 0 Å². The van der Waals surface area contributed by atoms with Gasteiger partial charge in [0.15, 0.2) is 5.17 Å². The molecule has 0 N–H and O–H groups in total. The van der Waals surface area contributed by atoms with Gasteiger partial charge in [0.25, 0.3) is 0 Å². The molecule has 132 valence electrons. The van der Waals surface area contributed by atoms with E-state index in [9.17, 15) is 9.18 Å². The minimum absolute atomic E-state index is 0.0344. The summed E-state index contributed by atoms with van der Waals surface area (Å²) in [5.41, 5.74) is 1.84. The maximum absolute atomic E-state index is 13.1. The van der Waals surface area contributed by atoms with Gasteiger partial charge in [0.1, 0.15) is 5.82 Å². The molecule has 0 aliphatic carbocycles. The Morgan fingerprint density at radius 3 is 2.58 bits per heavy atom. The van der Waals surface area contributed by atoms with Crippen molar-refractivity contribution in [2.75, 3.05) is 6.54 Å². The van der Waals surface area contributed by atoms with Crippen molar-refractivity contribution >= 4 is 29.1 Å². The second-order valence-electron chi connectivity index (χ2n) is 5.71. The number of hydrogen-bond donors (Lipinski definition) is 0. The van der Waals surface area contributed by atoms with Crippen LogP contribution >= 0.6 is 11.8 Å². The minimum atomic E-state index is -0.300. The van der Waals surface area contributed by atoms with E-state index in [1.165, 1.54) is 23.9 Å². The van der Waals surface area contributed by atoms with Gasteiger partial charge >= 0.3 is 0 Å². The summed E-state index contributed by atoms with van der Waals surface area (Å²) in [6.07, 6.45) is 3.82. The van der Waals surface area contributed by atoms with Crippen molar-refractivity contribution in [1.29, 1.82) is 0 Å². The third-order valence-electron chi connectivity index (χ3n) is 3.82. The Bertz CT molecular complexity index is 834. The van der Waals surface area contributed by atoms with E-state index in [4.69, 9.17) is 0 Å². The van der Waals surface area contributed by atoms with E-state index in [-0.39, 0.29) is 17.0 Å². The Hall–Kier alpha value is -2.73. The number of hydrogen-bond acceptors (Lipinski definition) is 4. The molecule has 1 heterocycles. The van der Waals surface area contributed by atoms with Crippen LogP contribution in [0, 0.1) is 5.82 Å². The zero-order valence-electron chi connectivity index (χ0n) is 14.1. The molecule has 0 aromatic heterocycles. The molecule has 2 aromatic carbocycles. The average molecular weight is 367 g/mol. The molecule has 6 heteroatoms. The highest BCUT2D eigenvalue weighted by Gasteiger charge is 2.37. The number of amidine groups is 1. The number of benzene rings is 2. The fourth-order valence-electron chi connectivity index (χ4n) is 2.53. The molecular formula is C20H18FN3OS. The second-order valence-corrected chi connectivity index (χ2v) is 6.88. The second kappa shape index (κ2) is 8.58. The number of carbonyl (C=O) groups excluding carboxylic acids is 1. The summed E-state index contributed by atoms with van der Waals surface area (Å²) in [4.78, 5) is 14.2. The summed E-state index contributed by atoms with van der Waals surface area (Å²) >= 11 is 1.37. The van der Waals surface area contributed by atoms with E-state index in [1.807, 2.05) is 30.3 Å². The van der Waals surface area contributed by atoms with Gasteiger partial charge in [-0.05, 0) is 29.7 Å². The molecule has 0 bridgehead atoms. The van der Waals surface area contributed by atoms with Gasteiger partial charge in [-0.1, -0.05) is 60.3 Å². The van der Waals surface area contributed by atoms with Crippen molar-refractivity contribution in [3.63, 3.8) is 0 Å². The molecule has 1 amide bonds.